The quantitative estimate of drug-likeness (QED) is 0.218. The van der Waals surface area contributed by atoms with Gasteiger partial charge in [0.25, 0.3) is 0 Å². The van der Waals surface area contributed by atoms with Crippen molar-refractivity contribution in [2.24, 2.45) is 0 Å². The molecule has 4 aromatic rings. The predicted molar refractivity (Wildman–Crippen MR) is 194 cm³/mol. The number of nitrogens with one attached hydrogen (secondary N) is 2. The number of aromatic nitrogens is 4. The Morgan fingerprint density at radius 1 is 0.979 bits per heavy atom. The summed E-state index contributed by atoms with van der Waals surface area (Å²) in [6.45, 7) is 10.3. The van der Waals surface area contributed by atoms with Gasteiger partial charge in [-0.15, -0.1) is 0 Å². The molecule has 2 aromatic heterocycles. The van der Waals surface area contributed by atoms with E-state index in [1.807, 2.05) is 6.07 Å². The monoisotopic (exact) mass is 740 g/mol. The van der Waals surface area contributed by atoms with Crippen LogP contribution in [0.15, 0.2) is 47.3 Å². The zero-order chi connectivity index (χ0) is 34.0. The zero-order valence-electron chi connectivity index (χ0n) is 27.7. The van der Waals surface area contributed by atoms with Gasteiger partial charge < -0.3 is 20.4 Å². The van der Waals surface area contributed by atoms with Gasteiger partial charge in [-0.1, -0.05) is 6.92 Å². The highest BCUT2D eigenvalue weighted by Crippen LogP contribution is 2.38. The maximum atomic E-state index is 15.7. The molecule has 2 saturated heterocycles. The van der Waals surface area contributed by atoms with E-state index in [0.29, 0.717) is 38.7 Å². The van der Waals surface area contributed by atoms with Crippen molar-refractivity contribution in [3.8, 4) is 0 Å². The predicted octanol–water partition coefficient (Wildman–Crippen LogP) is 5.37. The number of hydrogen-bond acceptors (Lipinski definition) is 11. The van der Waals surface area contributed by atoms with Crippen molar-refractivity contribution in [2.75, 3.05) is 79.0 Å². The Morgan fingerprint density at radius 3 is 2.40 bits per heavy atom. The molecule has 2 aliphatic heterocycles. The largest absolute Gasteiger partial charge is 0.371 e. The van der Waals surface area contributed by atoms with Gasteiger partial charge >= 0.3 is 0 Å². The van der Waals surface area contributed by atoms with Crippen molar-refractivity contribution in [3.63, 3.8) is 0 Å². The number of nitrogens with zero attached hydrogens (tertiary/aromatic N) is 8. The lowest BCUT2D eigenvalue weighted by Gasteiger charge is -2.43. The first-order valence-electron chi connectivity index (χ1n) is 16.3. The molecule has 15 heteroatoms. The van der Waals surface area contributed by atoms with Gasteiger partial charge in [0.1, 0.15) is 22.8 Å². The van der Waals surface area contributed by atoms with Gasteiger partial charge in [0.15, 0.2) is 0 Å². The summed E-state index contributed by atoms with van der Waals surface area (Å²) in [4.78, 5) is 25.1. The fourth-order valence-corrected chi connectivity index (χ4v) is 7.91. The lowest BCUT2D eigenvalue weighted by molar-refractivity contribution is 0.0982. The average molecular weight is 742 g/mol. The summed E-state index contributed by atoms with van der Waals surface area (Å²) in [5, 5.41) is 6.32. The van der Waals surface area contributed by atoms with Gasteiger partial charge in [-0.3, -0.25) is 19.2 Å². The average Bonchev–Trinajstić information content (AvgIpc) is 3.08. The lowest BCUT2D eigenvalue weighted by Crippen LogP contribution is -2.52. The molecular weight excluding hydrogens is 699 g/mol. The number of piperidine rings is 1. The highest BCUT2D eigenvalue weighted by molar-refractivity contribution is 9.10. The lowest BCUT2D eigenvalue weighted by atomic mass is 9.99. The summed E-state index contributed by atoms with van der Waals surface area (Å²) in [6.07, 6.45) is 8.68. The second kappa shape index (κ2) is 14.4. The number of halogens is 2. The Hall–Kier alpha value is -3.66. The van der Waals surface area contributed by atoms with Gasteiger partial charge in [-0.05, 0) is 79.0 Å². The van der Waals surface area contributed by atoms with Gasteiger partial charge in [0.05, 0.1) is 27.6 Å². The Kier molecular flexibility index (Phi) is 10.3. The number of sulfonamides is 1. The number of benzene rings is 2. The Balaban J connectivity index is 1.23. The Bertz CT molecular complexity index is 1880. The summed E-state index contributed by atoms with van der Waals surface area (Å²) in [5.41, 5.74) is 4.07. The molecule has 0 saturated carbocycles. The Morgan fingerprint density at radius 2 is 1.71 bits per heavy atom. The Labute approximate surface area is 290 Å². The van der Waals surface area contributed by atoms with Crippen LogP contribution in [0.5, 0.6) is 0 Å². The zero-order valence-corrected chi connectivity index (χ0v) is 30.2. The number of hydrogen-bond donors (Lipinski definition) is 2. The minimum Gasteiger partial charge on any atom is -0.371 e. The highest BCUT2D eigenvalue weighted by Gasteiger charge is 2.28. The molecule has 0 aliphatic carbocycles. The summed E-state index contributed by atoms with van der Waals surface area (Å²) in [7, 11) is -1.47. The summed E-state index contributed by atoms with van der Waals surface area (Å²) in [6, 6.07) is 7.56. The number of piperazine rings is 1. The van der Waals surface area contributed by atoms with Crippen LogP contribution in [-0.2, 0) is 16.4 Å². The highest BCUT2D eigenvalue weighted by atomic mass is 79.9. The van der Waals surface area contributed by atoms with E-state index in [1.54, 1.807) is 37.5 Å². The van der Waals surface area contributed by atoms with E-state index < -0.39 is 10.0 Å². The third kappa shape index (κ3) is 7.33. The number of likely N-dealkylation sites (N-methyl/N-ethyl adjacent to an activating group) is 1. The summed E-state index contributed by atoms with van der Waals surface area (Å²) in [5.74, 6) is 0.157. The van der Waals surface area contributed by atoms with E-state index >= 15 is 4.39 Å². The van der Waals surface area contributed by atoms with Crippen molar-refractivity contribution in [3.05, 3.63) is 58.7 Å². The normalized spacial score (nSPS) is 16.8. The number of anilines is 6. The van der Waals surface area contributed by atoms with Crippen LogP contribution in [0, 0.1) is 5.82 Å². The fourth-order valence-electron chi connectivity index (χ4n) is 6.64. The molecule has 0 amide bonds. The molecule has 2 N–H and O–H groups in total. The molecule has 0 atom stereocenters. The molecule has 4 heterocycles. The van der Waals surface area contributed by atoms with Crippen LogP contribution in [0.25, 0.3) is 11.0 Å². The van der Waals surface area contributed by atoms with Crippen LogP contribution in [0.2, 0.25) is 0 Å². The van der Waals surface area contributed by atoms with Crippen molar-refractivity contribution in [2.45, 2.75) is 39.2 Å². The molecule has 256 valence electrons. The molecule has 2 aromatic carbocycles. The third-order valence-corrected chi connectivity index (χ3v) is 11.0. The molecule has 0 bridgehead atoms. The second-order valence-corrected chi connectivity index (χ2v) is 15.1. The van der Waals surface area contributed by atoms with Gasteiger partial charge in [-0.25, -0.2) is 17.8 Å². The molecule has 48 heavy (non-hydrogen) atoms. The smallest absolute Gasteiger partial charge is 0.232 e. The van der Waals surface area contributed by atoms with E-state index in [-0.39, 0.29) is 24.0 Å². The van der Waals surface area contributed by atoms with Crippen LogP contribution in [0.1, 0.15) is 32.3 Å². The number of rotatable bonds is 10. The maximum Gasteiger partial charge on any atom is 0.232 e. The molecule has 2 fully saturated rings. The first-order chi connectivity index (χ1) is 23.0. The first kappa shape index (κ1) is 34.2. The van der Waals surface area contributed by atoms with Gasteiger partial charge in [0, 0.05) is 76.1 Å². The molecule has 0 unspecified atom stereocenters. The topological polar surface area (TPSA) is 123 Å². The van der Waals surface area contributed by atoms with Crippen LogP contribution in [0.4, 0.5) is 38.9 Å². The van der Waals surface area contributed by atoms with Crippen LogP contribution in [0.3, 0.4) is 0 Å². The second-order valence-electron chi connectivity index (χ2n) is 12.3. The van der Waals surface area contributed by atoms with Crippen molar-refractivity contribution < 1.29 is 12.8 Å². The SMILES string of the molecule is CCc1cc(Nc2ncc(Br)c(Nc3ccc4nccnc4c3N(CC)S(C)(=O)=O)n2)c(F)cc1N1CCC(N2CCN(C)CC2)CC1. The molecule has 0 spiro atoms. The summed E-state index contributed by atoms with van der Waals surface area (Å²) < 4.78 is 43.1. The molecule has 0 radical (unpaired) electrons. The summed E-state index contributed by atoms with van der Waals surface area (Å²) >= 11 is 3.50. The van der Waals surface area contributed by atoms with E-state index in [0.717, 1.165) is 76.0 Å². The molecular formula is C33H42BrFN10O2S. The standard InChI is InChI=1S/C33H42BrFN10O2S/c1-5-22-19-28(25(35)20-29(22)44-13-9-23(10-14-44)43-17-15-42(3)16-18-43)40-33-38-21-24(34)32(41-33)39-27-8-7-26-30(37-12-11-36-26)31(27)45(6-2)48(4,46)47/h7-8,11-12,19-21,23H,5-6,9-10,13-18H2,1-4H3,(H2,38,39,40,41). The van der Waals surface area contributed by atoms with Crippen LogP contribution >= 0.6 is 15.9 Å². The molecule has 6 rings (SSSR count). The fraction of sp³-hybridized carbons (Fsp3) is 0.455. The van der Waals surface area contributed by atoms with Gasteiger partial charge in [0.2, 0.25) is 16.0 Å². The van der Waals surface area contributed by atoms with Crippen molar-refractivity contribution >= 4 is 71.5 Å². The van der Waals surface area contributed by atoms with Crippen LogP contribution in [-0.4, -0.2) is 103 Å². The first-order valence-corrected chi connectivity index (χ1v) is 19.0. The van der Waals surface area contributed by atoms with E-state index in [1.165, 1.54) is 10.5 Å². The maximum absolute atomic E-state index is 15.7. The number of fused-ring (bicyclic) bond motifs is 1. The minimum atomic E-state index is -3.65. The minimum absolute atomic E-state index is 0.181. The van der Waals surface area contributed by atoms with Crippen molar-refractivity contribution in [1.29, 1.82) is 0 Å². The van der Waals surface area contributed by atoms with E-state index in [2.05, 4.69) is 75.2 Å². The van der Waals surface area contributed by atoms with Crippen LogP contribution < -0.4 is 19.8 Å². The number of aryl methyl sites for hydroxylation is 1. The molecule has 2 aliphatic rings. The van der Waals surface area contributed by atoms with Gasteiger partial charge in [-0.2, -0.15) is 4.98 Å². The third-order valence-electron chi connectivity index (χ3n) is 9.20. The molecule has 12 nitrogen and oxygen atoms in total. The van der Waals surface area contributed by atoms with Crippen molar-refractivity contribution in [1.82, 2.24) is 29.7 Å². The van der Waals surface area contributed by atoms with E-state index in [4.69, 9.17) is 0 Å². The van der Waals surface area contributed by atoms with E-state index in [9.17, 15) is 8.42 Å².